The van der Waals surface area contributed by atoms with Crippen molar-refractivity contribution >= 4 is 19.9 Å². The molecule has 1 heterocycles. The van der Waals surface area contributed by atoms with Gasteiger partial charge in [0, 0.05) is 6.04 Å². The number of nitrogens with one attached hydrogen (secondary N) is 1. The number of methoxy groups -OCH3 is 1. The molecule has 0 radical (unpaired) electrons. The standard InChI is InChI=1S/C11H14FNO5S2/c1-18-10-3-2-8(12)6-11(10)20(16,17)13-9-4-5-19(14,15)7-9/h2-3,6,9,13H,4-5,7H2,1H3. The van der Waals surface area contributed by atoms with Crippen LogP contribution in [0.1, 0.15) is 6.42 Å². The van der Waals surface area contributed by atoms with Crippen LogP contribution in [-0.2, 0) is 19.9 Å². The van der Waals surface area contributed by atoms with Gasteiger partial charge in [-0.15, -0.1) is 0 Å². The molecule has 1 aromatic carbocycles. The van der Waals surface area contributed by atoms with Crippen LogP contribution in [0.2, 0.25) is 0 Å². The van der Waals surface area contributed by atoms with E-state index in [-0.39, 0.29) is 28.6 Å². The largest absolute Gasteiger partial charge is 0.495 e. The molecule has 0 bridgehead atoms. The molecule has 2 rings (SSSR count). The summed E-state index contributed by atoms with van der Waals surface area (Å²) in [5.41, 5.74) is 0. The highest BCUT2D eigenvalue weighted by molar-refractivity contribution is 7.92. The Kier molecular flexibility index (Phi) is 4.03. The lowest BCUT2D eigenvalue weighted by molar-refractivity contribution is 0.400. The van der Waals surface area contributed by atoms with Crippen molar-refractivity contribution in [1.82, 2.24) is 4.72 Å². The van der Waals surface area contributed by atoms with Gasteiger partial charge < -0.3 is 4.74 Å². The van der Waals surface area contributed by atoms with Crippen LogP contribution in [0.25, 0.3) is 0 Å². The van der Waals surface area contributed by atoms with Crippen LogP contribution < -0.4 is 9.46 Å². The molecule has 1 unspecified atom stereocenters. The van der Waals surface area contributed by atoms with Gasteiger partial charge in [0.2, 0.25) is 10.0 Å². The summed E-state index contributed by atoms with van der Waals surface area (Å²) < 4.78 is 67.4. The average Bonchev–Trinajstić information content (AvgIpc) is 2.68. The summed E-state index contributed by atoms with van der Waals surface area (Å²) in [5.74, 6) is -1.02. The van der Waals surface area contributed by atoms with Gasteiger partial charge in [0.1, 0.15) is 16.5 Å². The summed E-state index contributed by atoms with van der Waals surface area (Å²) in [4.78, 5) is -0.343. The van der Waals surface area contributed by atoms with Crippen molar-refractivity contribution in [2.24, 2.45) is 0 Å². The van der Waals surface area contributed by atoms with Gasteiger partial charge >= 0.3 is 0 Å². The van der Waals surface area contributed by atoms with Crippen LogP contribution in [0.15, 0.2) is 23.1 Å². The van der Waals surface area contributed by atoms with Crippen LogP contribution in [0.3, 0.4) is 0 Å². The predicted molar refractivity (Wildman–Crippen MR) is 70.3 cm³/mol. The first kappa shape index (κ1) is 15.2. The van der Waals surface area contributed by atoms with E-state index in [1.54, 1.807) is 0 Å². The zero-order chi connectivity index (χ0) is 15.0. The van der Waals surface area contributed by atoms with E-state index in [2.05, 4.69) is 4.72 Å². The number of rotatable bonds is 4. The summed E-state index contributed by atoms with van der Waals surface area (Å²) in [7, 11) is -5.97. The van der Waals surface area contributed by atoms with Crippen molar-refractivity contribution in [3.63, 3.8) is 0 Å². The Morgan fingerprint density at radius 3 is 2.65 bits per heavy atom. The van der Waals surface area contributed by atoms with E-state index in [9.17, 15) is 21.2 Å². The average molecular weight is 323 g/mol. The molecule has 1 saturated heterocycles. The number of hydrogen-bond donors (Lipinski definition) is 1. The topological polar surface area (TPSA) is 89.5 Å². The number of sulfone groups is 1. The number of ether oxygens (including phenoxy) is 1. The SMILES string of the molecule is COc1ccc(F)cc1S(=O)(=O)NC1CCS(=O)(=O)C1. The molecule has 1 N–H and O–H groups in total. The Bertz CT molecular complexity index is 714. The Morgan fingerprint density at radius 2 is 2.10 bits per heavy atom. The summed E-state index contributed by atoms with van der Waals surface area (Å²) in [6.45, 7) is 0. The smallest absolute Gasteiger partial charge is 0.244 e. The van der Waals surface area contributed by atoms with Gasteiger partial charge in [0.15, 0.2) is 9.84 Å². The first-order valence-corrected chi connectivity index (χ1v) is 9.10. The van der Waals surface area contributed by atoms with Gasteiger partial charge in [-0.2, -0.15) is 0 Å². The molecular weight excluding hydrogens is 309 g/mol. The normalized spacial score (nSPS) is 21.8. The van der Waals surface area contributed by atoms with Crippen molar-refractivity contribution in [3.8, 4) is 5.75 Å². The third-order valence-electron chi connectivity index (χ3n) is 2.97. The highest BCUT2D eigenvalue weighted by Gasteiger charge is 2.32. The minimum absolute atomic E-state index is 0.000228. The van der Waals surface area contributed by atoms with Gasteiger partial charge in [0.05, 0.1) is 18.6 Å². The van der Waals surface area contributed by atoms with Crippen molar-refractivity contribution < 1.29 is 26.0 Å². The first-order valence-electron chi connectivity index (χ1n) is 5.80. The fourth-order valence-electron chi connectivity index (χ4n) is 2.03. The minimum Gasteiger partial charge on any atom is -0.495 e. The summed E-state index contributed by atoms with van der Waals surface area (Å²) in [6, 6.07) is 2.43. The van der Waals surface area contributed by atoms with Crippen LogP contribution in [-0.4, -0.2) is 41.5 Å². The molecule has 0 aliphatic carbocycles. The van der Waals surface area contributed by atoms with E-state index in [0.29, 0.717) is 0 Å². The summed E-state index contributed by atoms with van der Waals surface area (Å²) in [5, 5.41) is 0. The molecule has 1 aliphatic heterocycles. The maximum Gasteiger partial charge on any atom is 0.244 e. The lowest BCUT2D eigenvalue weighted by Crippen LogP contribution is -2.35. The summed E-state index contributed by atoms with van der Waals surface area (Å²) >= 11 is 0. The molecule has 6 nitrogen and oxygen atoms in total. The summed E-state index contributed by atoms with van der Waals surface area (Å²) in [6.07, 6.45) is 0.208. The van der Waals surface area contributed by atoms with E-state index in [1.165, 1.54) is 13.2 Å². The molecule has 112 valence electrons. The van der Waals surface area contributed by atoms with Gasteiger partial charge in [0.25, 0.3) is 0 Å². The highest BCUT2D eigenvalue weighted by atomic mass is 32.2. The van der Waals surface area contributed by atoms with Crippen molar-refractivity contribution in [1.29, 1.82) is 0 Å². The van der Waals surface area contributed by atoms with E-state index < -0.39 is 31.7 Å². The molecule has 0 aromatic heterocycles. The zero-order valence-electron chi connectivity index (χ0n) is 10.7. The van der Waals surface area contributed by atoms with Gasteiger partial charge in [-0.25, -0.2) is 25.9 Å². The second kappa shape index (κ2) is 5.30. The van der Waals surface area contributed by atoms with Crippen LogP contribution in [0.4, 0.5) is 4.39 Å². The maximum absolute atomic E-state index is 13.2. The van der Waals surface area contributed by atoms with E-state index in [1.807, 2.05) is 0 Å². The number of hydrogen-bond acceptors (Lipinski definition) is 5. The van der Waals surface area contributed by atoms with Crippen LogP contribution in [0.5, 0.6) is 5.75 Å². The molecule has 1 atom stereocenters. The monoisotopic (exact) mass is 323 g/mol. The Labute approximate surface area is 116 Å². The second-order valence-corrected chi connectivity index (χ2v) is 8.43. The zero-order valence-corrected chi connectivity index (χ0v) is 12.3. The highest BCUT2D eigenvalue weighted by Crippen LogP contribution is 2.25. The van der Waals surface area contributed by atoms with Crippen molar-refractivity contribution in [2.75, 3.05) is 18.6 Å². The minimum atomic E-state index is -4.04. The fraction of sp³-hybridized carbons (Fsp3) is 0.455. The number of benzene rings is 1. The van der Waals surface area contributed by atoms with E-state index in [4.69, 9.17) is 4.74 Å². The molecule has 1 aromatic rings. The van der Waals surface area contributed by atoms with Crippen molar-refractivity contribution in [3.05, 3.63) is 24.0 Å². The molecule has 0 amide bonds. The number of sulfonamides is 1. The predicted octanol–water partition coefficient (Wildman–Crippen LogP) is 0.300. The molecule has 0 spiro atoms. The van der Waals surface area contributed by atoms with Gasteiger partial charge in [-0.1, -0.05) is 0 Å². The second-order valence-electron chi connectivity index (χ2n) is 4.52. The van der Waals surface area contributed by atoms with E-state index in [0.717, 1.165) is 12.1 Å². The number of halogens is 1. The molecule has 20 heavy (non-hydrogen) atoms. The third-order valence-corrected chi connectivity index (χ3v) is 6.28. The molecule has 0 saturated carbocycles. The van der Waals surface area contributed by atoms with Crippen LogP contribution >= 0.6 is 0 Å². The molecule has 1 aliphatic rings. The maximum atomic E-state index is 13.2. The quantitative estimate of drug-likeness (QED) is 0.861. The first-order chi connectivity index (χ1) is 9.23. The molecule has 1 fully saturated rings. The fourth-order valence-corrected chi connectivity index (χ4v) is 5.26. The Morgan fingerprint density at radius 1 is 1.40 bits per heavy atom. The molecular formula is C11H14FNO5S2. The Hall–Kier alpha value is -1.19. The van der Waals surface area contributed by atoms with Gasteiger partial charge in [-0.05, 0) is 24.6 Å². The van der Waals surface area contributed by atoms with E-state index >= 15 is 0 Å². The lowest BCUT2D eigenvalue weighted by atomic mass is 10.3. The lowest BCUT2D eigenvalue weighted by Gasteiger charge is -2.14. The third kappa shape index (κ3) is 3.28. The van der Waals surface area contributed by atoms with Crippen LogP contribution in [0, 0.1) is 5.82 Å². The van der Waals surface area contributed by atoms with Crippen molar-refractivity contribution in [2.45, 2.75) is 17.4 Å². The molecule has 9 heteroatoms. The van der Waals surface area contributed by atoms with Gasteiger partial charge in [-0.3, -0.25) is 0 Å². The Balaban J connectivity index is 2.29.